The Morgan fingerprint density at radius 2 is 2.20 bits per heavy atom. The van der Waals surface area contributed by atoms with E-state index in [2.05, 4.69) is 39.5 Å². The molecular weight excluding hydrogens is 312 g/mol. The molecule has 1 aromatic carbocycles. The number of benzene rings is 1. The Kier molecular flexibility index (Phi) is 4.14. The van der Waals surface area contributed by atoms with Gasteiger partial charge in [-0.1, -0.05) is 39.7 Å². The maximum absolute atomic E-state index is 6.13. The summed E-state index contributed by atoms with van der Waals surface area (Å²) in [5.74, 6) is 0.923. The fraction of sp³-hybridized carbons (Fsp3) is 0.0909. The van der Waals surface area contributed by atoms with Crippen molar-refractivity contribution in [2.45, 2.75) is 9.96 Å². The molecule has 78 valence electrons. The summed E-state index contributed by atoms with van der Waals surface area (Å²) in [5, 5.41) is 2.92. The minimum atomic E-state index is 0.827. The summed E-state index contributed by atoms with van der Waals surface area (Å²) < 4.78 is 2.35. The van der Waals surface area contributed by atoms with Gasteiger partial charge >= 0.3 is 0 Å². The molecule has 0 fully saturated rings. The number of hydrogen-bond acceptors (Lipinski definition) is 2. The number of rotatable bonds is 3. The Morgan fingerprint density at radius 1 is 1.33 bits per heavy atom. The number of halogens is 2. The first kappa shape index (κ1) is 11.5. The molecule has 0 spiro atoms. The molecule has 2 aromatic rings. The van der Waals surface area contributed by atoms with Crippen LogP contribution in [0.2, 0.25) is 5.02 Å². The first-order valence-electron chi connectivity index (χ1n) is 4.36. The second kappa shape index (κ2) is 5.39. The van der Waals surface area contributed by atoms with Crippen molar-refractivity contribution in [1.29, 1.82) is 0 Å². The van der Waals surface area contributed by atoms with E-state index >= 15 is 0 Å². The zero-order valence-electron chi connectivity index (χ0n) is 7.74. The standard InChI is InChI=1S/C11H8BrClS2/c12-9-4-3-8(10(13)6-9)7-15-11-2-1-5-14-11/h1-6H,7H2. The van der Waals surface area contributed by atoms with Gasteiger partial charge in [0.05, 0.1) is 4.21 Å². The van der Waals surface area contributed by atoms with Crippen molar-refractivity contribution in [3.8, 4) is 0 Å². The van der Waals surface area contributed by atoms with E-state index in [-0.39, 0.29) is 0 Å². The molecule has 1 heterocycles. The number of thiophene rings is 1. The molecule has 0 aliphatic rings. The van der Waals surface area contributed by atoms with Crippen molar-refractivity contribution in [3.05, 3.63) is 50.8 Å². The molecule has 0 aliphatic carbocycles. The molecule has 2 rings (SSSR count). The highest BCUT2D eigenvalue weighted by atomic mass is 79.9. The lowest BCUT2D eigenvalue weighted by atomic mass is 10.2. The molecule has 0 unspecified atom stereocenters. The minimum Gasteiger partial charge on any atom is -0.137 e. The van der Waals surface area contributed by atoms with Gasteiger partial charge in [0.15, 0.2) is 0 Å². The molecule has 0 bridgehead atoms. The van der Waals surface area contributed by atoms with Crippen LogP contribution in [0.4, 0.5) is 0 Å². The van der Waals surface area contributed by atoms with Crippen LogP contribution in [-0.2, 0) is 5.75 Å². The minimum absolute atomic E-state index is 0.827. The maximum Gasteiger partial charge on any atom is 0.0601 e. The largest absolute Gasteiger partial charge is 0.137 e. The molecule has 0 amide bonds. The molecule has 4 heteroatoms. The third-order valence-electron chi connectivity index (χ3n) is 1.88. The Labute approximate surface area is 111 Å². The van der Waals surface area contributed by atoms with E-state index in [4.69, 9.17) is 11.6 Å². The highest BCUT2D eigenvalue weighted by Gasteiger charge is 2.02. The van der Waals surface area contributed by atoms with Gasteiger partial charge in [-0.2, -0.15) is 0 Å². The molecule has 15 heavy (non-hydrogen) atoms. The van der Waals surface area contributed by atoms with Gasteiger partial charge in [0.25, 0.3) is 0 Å². The van der Waals surface area contributed by atoms with Crippen LogP contribution in [0.3, 0.4) is 0 Å². The van der Waals surface area contributed by atoms with Crippen molar-refractivity contribution in [3.63, 3.8) is 0 Å². The summed E-state index contributed by atoms with van der Waals surface area (Å²) in [5.41, 5.74) is 1.18. The van der Waals surface area contributed by atoms with Gasteiger partial charge in [0.2, 0.25) is 0 Å². The van der Waals surface area contributed by atoms with Gasteiger partial charge < -0.3 is 0 Å². The number of thioether (sulfide) groups is 1. The lowest BCUT2D eigenvalue weighted by molar-refractivity contribution is 1.40. The van der Waals surface area contributed by atoms with Crippen molar-refractivity contribution in [1.82, 2.24) is 0 Å². The SMILES string of the molecule is Clc1cc(Br)ccc1CSc1cccs1. The summed E-state index contributed by atoms with van der Waals surface area (Å²) >= 11 is 13.1. The normalized spacial score (nSPS) is 10.5. The maximum atomic E-state index is 6.13. The third-order valence-corrected chi connectivity index (χ3v) is 4.90. The second-order valence-electron chi connectivity index (χ2n) is 2.96. The molecule has 0 saturated carbocycles. The summed E-state index contributed by atoms with van der Waals surface area (Å²) in [7, 11) is 0. The Bertz CT molecular complexity index is 440. The zero-order valence-corrected chi connectivity index (χ0v) is 11.7. The Hall–Kier alpha value is 0.0400. The molecule has 1 aromatic heterocycles. The fourth-order valence-electron chi connectivity index (χ4n) is 1.13. The van der Waals surface area contributed by atoms with Crippen LogP contribution >= 0.6 is 50.6 Å². The molecule has 0 saturated heterocycles. The summed E-state index contributed by atoms with van der Waals surface area (Å²) in [6.45, 7) is 0. The van der Waals surface area contributed by atoms with Gasteiger partial charge in [-0.05, 0) is 29.1 Å². The van der Waals surface area contributed by atoms with E-state index in [0.717, 1.165) is 15.2 Å². The quantitative estimate of drug-likeness (QED) is 0.677. The first-order chi connectivity index (χ1) is 7.25. The Morgan fingerprint density at radius 3 is 2.87 bits per heavy atom. The molecule has 0 aliphatic heterocycles. The van der Waals surface area contributed by atoms with E-state index in [1.54, 1.807) is 11.3 Å². The van der Waals surface area contributed by atoms with Crippen LogP contribution in [0.5, 0.6) is 0 Å². The van der Waals surface area contributed by atoms with Crippen molar-refractivity contribution in [2.75, 3.05) is 0 Å². The molecular formula is C11H8BrClS2. The van der Waals surface area contributed by atoms with Gasteiger partial charge in [-0.25, -0.2) is 0 Å². The first-order valence-corrected chi connectivity index (χ1v) is 7.39. The highest BCUT2D eigenvalue weighted by molar-refractivity contribution is 9.10. The molecule has 0 nitrogen and oxygen atoms in total. The second-order valence-corrected chi connectivity index (χ2v) is 6.50. The monoisotopic (exact) mass is 318 g/mol. The molecule has 0 radical (unpaired) electrons. The Balaban J connectivity index is 2.05. The van der Waals surface area contributed by atoms with Crippen molar-refractivity contribution >= 4 is 50.6 Å². The molecule has 0 N–H and O–H groups in total. The number of hydrogen-bond donors (Lipinski definition) is 0. The topological polar surface area (TPSA) is 0 Å². The van der Waals surface area contributed by atoms with Gasteiger partial charge in [0, 0.05) is 15.2 Å². The smallest absolute Gasteiger partial charge is 0.0601 e. The van der Waals surface area contributed by atoms with Gasteiger partial charge in [-0.15, -0.1) is 23.1 Å². The summed E-state index contributed by atoms with van der Waals surface area (Å²) in [6.07, 6.45) is 0. The average Bonchev–Trinajstić information content (AvgIpc) is 2.69. The predicted molar refractivity (Wildman–Crippen MR) is 73.0 cm³/mol. The fourth-order valence-corrected chi connectivity index (χ4v) is 3.74. The van der Waals surface area contributed by atoms with Gasteiger partial charge in [0.1, 0.15) is 0 Å². The van der Waals surface area contributed by atoms with Gasteiger partial charge in [-0.3, -0.25) is 0 Å². The van der Waals surface area contributed by atoms with Crippen LogP contribution in [0.15, 0.2) is 44.4 Å². The van der Waals surface area contributed by atoms with Crippen molar-refractivity contribution < 1.29 is 0 Å². The van der Waals surface area contributed by atoms with Crippen molar-refractivity contribution in [2.24, 2.45) is 0 Å². The predicted octanol–water partition coefficient (Wildman–Crippen LogP) is 5.46. The van der Waals surface area contributed by atoms with Crippen LogP contribution in [0.1, 0.15) is 5.56 Å². The van der Waals surface area contributed by atoms with E-state index in [9.17, 15) is 0 Å². The zero-order chi connectivity index (χ0) is 10.7. The third kappa shape index (κ3) is 3.25. The average molecular weight is 320 g/mol. The van der Waals surface area contributed by atoms with E-state index in [0.29, 0.717) is 0 Å². The summed E-state index contributed by atoms with van der Waals surface area (Å²) in [4.78, 5) is 0. The molecule has 0 atom stereocenters. The van der Waals surface area contributed by atoms with Crippen LogP contribution in [-0.4, -0.2) is 0 Å². The summed E-state index contributed by atoms with van der Waals surface area (Å²) in [6, 6.07) is 10.2. The highest BCUT2D eigenvalue weighted by Crippen LogP contribution is 2.30. The van der Waals surface area contributed by atoms with E-state index < -0.39 is 0 Å². The van der Waals surface area contributed by atoms with E-state index in [1.807, 2.05) is 23.9 Å². The lowest BCUT2D eigenvalue weighted by Crippen LogP contribution is -1.81. The van der Waals surface area contributed by atoms with Crippen LogP contribution < -0.4 is 0 Å². The van der Waals surface area contributed by atoms with E-state index in [1.165, 1.54) is 9.77 Å². The lowest BCUT2D eigenvalue weighted by Gasteiger charge is -2.03. The van der Waals surface area contributed by atoms with Crippen LogP contribution in [0.25, 0.3) is 0 Å². The van der Waals surface area contributed by atoms with Crippen LogP contribution in [0, 0.1) is 0 Å².